The maximum atomic E-state index is 9.53. The molecule has 0 saturated heterocycles. The molecule has 0 amide bonds. The number of rotatable bonds is 5. The van der Waals surface area contributed by atoms with Crippen molar-refractivity contribution in [2.24, 2.45) is 0 Å². The van der Waals surface area contributed by atoms with Gasteiger partial charge in [0, 0.05) is 9.50 Å². The van der Waals surface area contributed by atoms with Gasteiger partial charge in [0.25, 0.3) is 0 Å². The monoisotopic (exact) mass is 579 g/mol. The lowest BCUT2D eigenvalue weighted by Crippen LogP contribution is -1.97. The molecule has 0 spiro atoms. The highest BCUT2D eigenvalue weighted by Gasteiger charge is 2.10. The molecule has 0 atom stereocenters. The second-order valence-electron chi connectivity index (χ2n) is 5.91. The Balaban J connectivity index is 1.83. The third-order valence-corrected chi connectivity index (χ3v) is 5.86. The molecule has 28 heavy (non-hydrogen) atoms. The summed E-state index contributed by atoms with van der Waals surface area (Å²) in [5, 5.41) is 10.2. The van der Waals surface area contributed by atoms with Crippen molar-refractivity contribution in [3.8, 4) is 11.8 Å². The SMILES string of the molecule is N#C/C(=C/c1cc(Br)c(OCc2ccc(Br)cc2)c(Br)c1)c1ccc(Cl)cc1. The minimum absolute atomic E-state index is 0.452. The summed E-state index contributed by atoms with van der Waals surface area (Å²) in [4.78, 5) is 0. The molecule has 0 saturated carbocycles. The van der Waals surface area contributed by atoms with E-state index in [2.05, 4.69) is 53.9 Å². The number of allylic oxidation sites excluding steroid dienone is 1. The van der Waals surface area contributed by atoms with Crippen molar-refractivity contribution in [1.82, 2.24) is 0 Å². The first-order valence-corrected chi connectivity index (χ1v) is 11.0. The molecule has 3 rings (SSSR count). The second kappa shape index (κ2) is 9.76. The molecule has 0 aliphatic heterocycles. The highest BCUT2D eigenvalue weighted by Crippen LogP contribution is 2.36. The minimum atomic E-state index is 0.452. The van der Waals surface area contributed by atoms with Gasteiger partial charge >= 0.3 is 0 Å². The van der Waals surface area contributed by atoms with Gasteiger partial charge in [-0.15, -0.1) is 0 Å². The fourth-order valence-corrected chi connectivity index (χ4v) is 4.35. The number of benzene rings is 3. The lowest BCUT2D eigenvalue weighted by molar-refractivity contribution is 0.302. The highest BCUT2D eigenvalue weighted by molar-refractivity contribution is 9.11. The van der Waals surface area contributed by atoms with Gasteiger partial charge in [-0.25, -0.2) is 0 Å². The number of ether oxygens (including phenoxy) is 1. The normalized spacial score (nSPS) is 11.2. The standard InChI is InChI=1S/C22H13Br3ClNO/c23-18-5-1-14(2-6-18)13-28-22-20(24)10-15(11-21(22)25)9-17(12-27)16-3-7-19(26)8-4-16/h1-11H,13H2/b17-9-. The maximum Gasteiger partial charge on any atom is 0.148 e. The minimum Gasteiger partial charge on any atom is -0.487 e. The molecule has 0 unspecified atom stereocenters. The summed E-state index contributed by atoms with van der Waals surface area (Å²) < 4.78 is 8.61. The van der Waals surface area contributed by atoms with E-state index in [-0.39, 0.29) is 0 Å². The Bertz CT molecular complexity index is 1030. The first kappa shape index (κ1) is 21.1. The Labute approximate surface area is 194 Å². The van der Waals surface area contributed by atoms with Gasteiger partial charge in [-0.2, -0.15) is 5.26 Å². The van der Waals surface area contributed by atoms with E-state index < -0.39 is 0 Å². The van der Waals surface area contributed by atoms with E-state index in [0.717, 1.165) is 30.1 Å². The van der Waals surface area contributed by atoms with Crippen LogP contribution < -0.4 is 4.74 Å². The van der Waals surface area contributed by atoms with Crippen molar-refractivity contribution in [3.05, 3.63) is 95.8 Å². The lowest BCUT2D eigenvalue weighted by Gasteiger charge is -2.12. The van der Waals surface area contributed by atoms with Gasteiger partial charge in [0.05, 0.1) is 20.6 Å². The van der Waals surface area contributed by atoms with Crippen LogP contribution >= 0.6 is 59.4 Å². The Morgan fingerprint density at radius 2 is 1.57 bits per heavy atom. The zero-order chi connectivity index (χ0) is 20.1. The van der Waals surface area contributed by atoms with Crippen LogP contribution in [0.25, 0.3) is 11.6 Å². The Morgan fingerprint density at radius 1 is 0.964 bits per heavy atom. The number of nitrogens with zero attached hydrogens (tertiary/aromatic N) is 1. The fourth-order valence-electron chi connectivity index (χ4n) is 2.51. The Kier molecular flexibility index (Phi) is 7.36. The molecule has 0 heterocycles. The van der Waals surface area contributed by atoms with Crippen LogP contribution in [0.1, 0.15) is 16.7 Å². The molecule has 0 bridgehead atoms. The molecule has 0 aromatic heterocycles. The second-order valence-corrected chi connectivity index (χ2v) is 8.97. The van der Waals surface area contributed by atoms with E-state index in [1.165, 1.54) is 0 Å². The van der Waals surface area contributed by atoms with Crippen molar-refractivity contribution >= 4 is 71.0 Å². The van der Waals surface area contributed by atoms with Gasteiger partial charge in [-0.1, -0.05) is 51.8 Å². The summed E-state index contributed by atoms with van der Waals surface area (Å²) in [5.41, 5.74) is 3.32. The van der Waals surface area contributed by atoms with Crippen LogP contribution in [-0.2, 0) is 6.61 Å². The van der Waals surface area contributed by atoms with E-state index >= 15 is 0 Å². The van der Waals surface area contributed by atoms with E-state index in [4.69, 9.17) is 16.3 Å². The molecule has 0 radical (unpaired) electrons. The predicted molar refractivity (Wildman–Crippen MR) is 125 cm³/mol. The van der Waals surface area contributed by atoms with Crippen LogP contribution in [0.5, 0.6) is 5.75 Å². The van der Waals surface area contributed by atoms with Gasteiger partial charge in [0.2, 0.25) is 0 Å². The Morgan fingerprint density at radius 3 is 2.14 bits per heavy atom. The number of hydrogen-bond donors (Lipinski definition) is 0. The zero-order valence-electron chi connectivity index (χ0n) is 14.4. The predicted octanol–water partition coefficient (Wildman–Crippen LogP) is 8.27. The van der Waals surface area contributed by atoms with Crippen LogP contribution in [0.3, 0.4) is 0 Å². The zero-order valence-corrected chi connectivity index (χ0v) is 19.9. The van der Waals surface area contributed by atoms with Crippen LogP contribution in [0.2, 0.25) is 5.02 Å². The van der Waals surface area contributed by atoms with Gasteiger partial charge in [0.1, 0.15) is 12.4 Å². The van der Waals surface area contributed by atoms with Gasteiger partial charge in [0.15, 0.2) is 0 Å². The van der Waals surface area contributed by atoms with Crippen LogP contribution in [0.4, 0.5) is 0 Å². The average molecular weight is 583 g/mol. The molecular formula is C22H13Br3ClNO. The van der Waals surface area contributed by atoms with Gasteiger partial charge in [-0.05, 0) is 91.0 Å². The topological polar surface area (TPSA) is 33.0 Å². The molecule has 140 valence electrons. The molecule has 0 N–H and O–H groups in total. The van der Waals surface area contributed by atoms with Crippen LogP contribution in [-0.4, -0.2) is 0 Å². The molecular weight excluding hydrogens is 569 g/mol. The molecule has 0 aliphatic rings. The summed E-state index contributed by atoms with van der Waals surface area (Å²) in [5.74, 6) is 0.713. The average Bonchev–Trinajstić information content (AvgIpc) is 2.67. The lowest BCUT2D eigenvalue weighted by atomic mass is 10.0. The third kappa shape index (κ3) is 5.48. The molecule has 2 nitrogen and oxygen atoms in total. The van der Waals surface area contributed by atoms with E-state index in [0.29, 0.717) is 23.0 Å². The molecule has 0 fully saturated rings. The number of halogens is 4. The van der Waals surface area contributed by atoms with Gasteiger partial charge in [-0.3, -0.25) is 0 Å². The first-order valence-electron chi connectivity index (χ1n) is 8.20. The van der Waals surface area contributed by atoms with Crippen LogP contribution in [0.15, 0.2) is 74.1 Å². The van der Waals surface area contributed by atoms with Crippen molar-refractivity contribution < 1.29 is 4.74 Å². The van der Waals surface area contributed by atoms with Crippen molar-refractivity contribution in [3.63, 3.8) is 0 Å². The van der Waals surface area contributed by atoms with Crippen LogP contribution in [0, 0.1) is 11.3 Å². The maximum absolute atomic E-state index is 9.53. The Hall–Kier alpha value is -1.58. The smallest absolute Gasteiger partial charge is 0.148 e. The molecule has 6 heteroatoms. The largest absolute Gasteiger partial charge is 0.487 e. The molecule has 0 aliphatic carbocycles. The molecule has 3 aromatic rings. The van der Waals surface area contributed by atoms with Gasteiger partial charge < -0.3 is 4.74 Å². The van der Waals surface area contributed by atoms with E-state index in [9.17, 15) is 5.26 Å². The van der Waals surface area contributed by atoms with Crippen molar-refractivity contribution in [2.45, 2.75) is 6.61 Å². The summed E-state index contributed by atoms with van der Waals surface area (Å²) in [6.45, 7) is 0.452. The highest BCUT2D eigenvalue weighted by atomic mass is 79.9. The van der Waals surface area contributed by atoms with E-state index in [1.807, 2.05) is 54.6 Å². The summed E-state index contributed by atoms with van der Waals surface area (Å²) >= 11 is 16.5. The summed E-state index contributed by atoms with van der Waals surface area (Å²) in [6.07, 6.45) is 1.83. The summed E-state index contributed by atoms with van der Waals surface area (Å²) in [6, 6.07) is 21.3. The fraction of sp³-hybridized carbons (Fsp3) is 0.0455. The third-order valence-electron chi connectivity index (χ3n) is 3.90. The molecule has 3 aromatic carbocycles. The van der Waals surface area contributed by atoms with Crippen molar-refractivity contribution in [2.75, 3.05) is 0 Å². The van der Waals surface area contributed by atoms with Crippen molar-refractivity contribution in [1.29, 1.82) is 5.26 Å². The number of nitriles is 1. The first-order chi connectivity index (χ1) is 13.5. The van der Waals surface area contributed by atoms with E-state index in [1.54, 1.807) is 12.1 Å². The number of hydrogen-bond acceptors (Lipinski definition) is 2. The quantitative estimate of drug-likeness (QED) is 0.224. The summed E-state index contributed by atoms with van der Waals surface area (Å²) in [7, 11) is 0.